The summed E-state index contributed by atoms with van der Waals surface area (Å²) in [7, 11) is 0. The number of carbonyl (C=O) groups is 1. The van der Waals surface area contributed by atoms with Gasteiger partial charge in [0.2, 0.25) is 5.69 Å². The molecular formula is C21H22ClN3O2. The van der Waals surface area contributed by atoms with E-state index in [0.29, 0.717) is 26.3 Å². The van der Waals surface area contributed by atoms with E-state index in [-0.39, 0.29) is 18.3 Å². The van der Waals surface area contributed by atoms with Gasteiger partial charge in [-0.1, -0.05) is 18.2 Å². The fourth-order valence-electron chi connectivity index (χ4n) is 4.17. The molecule has 0 atom stereocenters. The Morgan fingerprint density at radius 2 is 1.78 bits per heavy atom. The first-order valence-corrected chi connectivity index (χ1v) is 9.32. The topological polar surface area (TPSA) is 38.3 Å². The maximum Gasteiger partial charge on any atom is 0.254 e. The summed E-state index contributed by atoms with van der Waals surface area (Å²) in [4.78, 5) is 14.8. The van der Waals surface area contributed by atoms with E-state index in [1.54, 1.807) is 0 Å². The average Bonchev–Trinajstić information content (AvgIpc) is 3.29. The maximum atomic E-state index is 12.9. The molecule has 1 fully saturated rings. The third kappa shape index (κ3) is 3.01. The van der Waals surface area contributed by atoms with E-state index in [2.05, 4.69) is 45.8 Å². The summed E-state index contributed by atoms with van der Waals surface area (Å²) in [6.07, 6.45) is 1.16. The fourth-order valence-corrected chi connectivity index (χ4v) is 4.17. The van der Waals surface area contributed by atoms with Crippen molar-refractivity contribution in [2.45, 2.75) is 19.5 Å². The fraction of sp³-hybridized carbons (Fsp3) is 0.333. The van der Waals surface area contributed by atoms with Crippen molar-refractivity contribution < 1.29 is 26.6 Å². The lowest BCUT2D eigenvalue weighted by molar-refractivity contribution is -0.745. The Morgan fingerprint density at radius 1 is 1.00 bits per heavy atom. The average molecular weight is 384 g/mol. The number of nitrogens with zero attached hydrogens (tertiary/aromatic N) is 3. The van der Waals surface area contributed by atoms with Crippen molar-refractivity contribution >= 4 is 16.8 Å². The highest BCUT2D eigenvalue weighted by Gasteiger charge is 2.31. The van der Waals surface area contributed by atoms with Crippen molar-refractivity contribution in [3.63, 3.8) is 0 Å². The van der Waals surface area contributed by atoms with Gasteiger partial charge in [0.1, 0.15) is 5.52 Å². The van der Waals surface area contributed by atoms with E-state index >= 15 is 0 Å². The van der Waals surface area contributed by atoms with Crippen LogP contribution in [-0.2, 0) is 17.8 Å². The van der Waals surface area contributed by atoms with Gasteiger partial charge in [-0.15, -0.1) is 4.68 Å². The number of hydrogen-bond acceptors (Lipinski definition) is 2. The number of benzene rings is 2. The Balaban J connectivity index is 0.00000180. The molecule has 1 aromatic heterocycles. The van der Waals surface area contributed by atoms with Crippen molar-refractivity contribution in [2.75, 3.05) is 26.3 Å². The Morgan fingerprint density at radius 3 is 2.56 bits per heavy atom. The lowest BCUT2D eigenvalue weighted by Crippen LogP contribution is -3.00. The predicted molar refractivity (Wildman–Crippen MR) is 98.9 cm³/mol. The minimum absolute atomic E-state index is 0. The molecule has 0 spiro atoms. The normalized spacial score (nSPS) is 16.2. The van der Waals surface area contributed by atoms with Crippen LogP contribution in [0.5, 0.6) is 0 Å². The van der Waals surface area contributed by atoms with E-state index in [1.165, 1.54) is 16.8 Å². The lowest BCUT2D eigenvalue weighted by Gasteiger charge is -2.26. The second-order valence-electron chi connectivity index (χ2n) is 6.95. The zero-order chi connectivity index (χ0) is 17.5. The predicted octanol–water partition coefficient (Wildman–Crippen LogP) is -0.524. The number of aryl methyl sites for hydroxylation is 1. The smallest absolute Gasteiger partial charge is 0.254 e. The molecule has 0 aliphatic carbocycles. The number of ether oxygens (including phenoxy) is 1. The van der Waals surface area contributed by atoms with Gasteiger partial charge in [0.15, 0.2) is 6.54 Å². The number of rotatable bonds is 2. The zero-order valence-corrected chi connectivity index (χ0v) is 15.9. The number of halogens is 1. The van der Waals surface area contributed by atoms with Gasteiger partial charge in [-0.3, -0.25) is 4.79 Å². The minimum atomic E-state index is 0. The van der Waals surface area contributed by atoms with E-state index in [9.17, 15) is 4.79 Å². The molecule has 2 aromatic carbocycles. The van der Waals surface area contributed by atoms with Crippen molar-refractivity contribution in [3.05, 3.63) is 54.1 Å². The molecule has 1 saturated heterocycles. The van der Waals surface area contributed by atoms with Crippen LogP contribution in [0.15, 0.2) is 48.5 Å². The molecule has 0 bridgehead atoms. The van der Waals surface area contributed by atoms with E-state index in [1.807, 2.05) is 17.0 Å². The van der Waals surface area contributed by atoms with Gasteiger partial charge < -0.3 is 22.0 Å². The van der Waals surface area contributed by atoms with E-state index in [0.717, 1.165) is 30.5 Å². The molecule has 0 radical (unpaired) electrons. The second-order valence-corrected chi connectivity index (χ2v) is 6.95. The Bertz CT molecular complexity index is 978. The van der Waals surface area contributed by atoms with Crippen LogP contribution >= 0.6 is 0 Å². The standard InChI is InChI=1S/C21H22N3O2.ClH/c25-21(22-11-13-26-14-12-22)17-7-8-19-18(15-17)20(16-5-2-1-3-6-16)24-10-4-9-23(19)24;/h1-3,5-8,15H,4,9-14H2;1H/q+1;/p-1. The highest BCUT2D eigenvalue weighted by Crippen LogP contribution is 2.30. The minimum Gasteiger partial charge on any atom is -1.00 e. The molecule has 27 heavy (non-hydrogen) atoms. The molecular weight excluding hydrogens is 362 g/mol. The Kier molecular flexibility index (Phi) is 4.89. The SMILES string of the molecule is O=C(c1ccc2c(c1)c(-c1ccccc1)[n+]1n2CCC1)N1CCOCC1.[Cl-]. The van der Waals surface area contributed by atoms with Crippen LogP contribution in [0.25, 0.3) is 22.2 Å². The first kappa shape index (κ1) is 18.0. The molecule has 0 saturated carbocycles. The van der Waals surface area contributed by atoms with E-state index in [4.69, 9.17) is 4.74 Å². The van der Waals surface area contributed by atoms with Gasteiger partial charge in [0.25, 0.3) is 5.91 Å². The van der Waals surface area contributed by atoms with Gasteiger partial charge in [0, 0.05) is 30.6 Å². The number of morpholine rings is 1. The van der Waals surface area contributed by atoms with E-state index < -0.39 is 0 Å². The van der Waals surface area contributed by atoms with Crippen molar-refractivity contribution in [3.8, 4) is 11.3 Å². The van der Waals surface area contributed by atoms with Crippen LogP contribution in [0, 0.1) is 0 Å². The molecule has 0 N–H and O–H groups in total. The zero-order valence-electron chi connectivity index (χ0n) is 15.1. The summed E-state index contributed by atoms with van der Waals surface area (Å²) in [5, 5.41) is 1.16. The number of aromatic nitrogens is 2. The van der Waals surface area contributed by atoms with Crippen LogP contribution in [0.2, 0.25) is 0 Å². The summed E-state index contributed by atoms with van der Waals surface area (Å²) in [6, 6.07) is 16.6. The summed E-state index contributed by atoms with van der Waals surface area (Å²) in [6.45, 7) is 4.64. The van der Waals surface area contributed by atoms with Crippen molar-refractivity contribution in [2.24, 2.45) is 0 Å². The van der Waals surface area contributed by atoms with Crippen LogP contribution in [-0.4, -0.2) is 41.8 Å². The molecule has 3 heterocycles. The number of amides is 1. The second kappa shape index (κ2) is 7.33. The summed E-state index contributed by atoms with van der Waals surface area (Å²) >= 11 is 0. The van der Waals surface area contributed by atoms with Gasteiger partial charge in [0.05, 0.1) is 25.1 Å². The number of hydrogen-bond donors (Lipinski definition) is 0. The molecule has 5 nitrogen and oxygen atoms in total. The Labute approximate surface area is 164 Å². The highest BCUT2D eigenvalue weighted by molar-refractivity contribution is 6.01. The summed E-state index contributed by atoms with van der Waals surface area (Å²) in [5.41, 5.74) is 4.39. The molecule has 5 rings (SSSR count). The van der Waals surface area contributed by atoms with Crippen LogP contribution in [0.4, 0.5) is 0 Å². The van der Waals surface area contributed by atoms with Crippen molar-refractivity contribution in [1.82, 2.24) is 9.58 Å². The quantitative estimate of drug-likeness (QED) is 0.558. The van der Waals surface area contributed by atoms with Gasteiger partial charge in [-0.25, -0.2) is 0 Å². The molecule has 6 heteroatoms. The molecule has 0 unspecified atom stereocenters. The number of carbonyl (C=O) groups excluding carboxylic acids is 1. The van der Waals surface area contributed by atoms with Crippen LogP contribution in [0.1, 0.15) is 16.8 Å². The molecule has 1 amide bonds. The molecule has 2 aliphatic rings. The van der Waals surface area contributed by atoms with Crippen LogP contribution < -0.4 is 17.1 Å². The highest BCUT2D eigenvalue weighted by atomic mass is 35.5. The third-order valence-corrected chi connectivity index (χ3v) is 5.41. The maximum absolute atomic E-state index is 12.9. The molecule has 140 valence electrons. The first-order chi connectivity index (χ1) is 12.8. The molecule has 3 aromatic rings. The van der Waals surface area contributed by atoms with Crippen LogP contribution in [0.3, 0.4) is 0 Å². The van der Waals surface area contributed by atoms with Gasteiger partial charge in [-0.2, -0.15) is 4.68 Å². The molecule has 2 aliphatic heterocycles. The monoisotopic (exact) mass is 383 g/mol. The van der Waals surface area contributed by atoms with Gasteiger partial charge in [-0.05, 0) is 30.3 Å². The summed E-state index contributed by atoms with van der Waals surface area (Å²) in [5.74, 6) is 0.102. The summed E-state index contributed by atoms with van der Waals surface area (Å²) < 4.78 is 10.1. The first-order valence-electron chi connectivity index (χ1n) is 9.32. The third-order valence-electron chi connectivity index (χ3n) is 5.41. The van der Waals surface area contributed by atoms with Crippen molar-refractivity contribution in [1.29, 1.82) is 0 Å². The number of fused-ring (bicyclic) bond motifs is 3. The Hall–Kier alpha value is -2.37. The van der Waals surface area contributed by atoms with Gasteiger partial charge >= 0.3 is 0 Å². The largest absolute Gasteiger partial charge is 1.00 e. The lowest BCUT2D eigenvalue weighted by atomic mass is 10.0.